The van der Waals surface area contributed by atoms with E-state index in [2.05, 4.69) is 26.6 Å². The molecule has 0 unspecified atom stereocenters. The van der Waals surface area contributed by atoms with Gasteiger partial charge in [-0.1, -0.05) is 47.1 Å². The third kappa shape index (κ3) is 8.28. The van der Waals surface area contributed by atoms with E-state index in [4.69, 9.17) is 15.2 Å². The van der Waals surface area contributed by atoms with Crippen molar-refractivity contribution < 1.29 is 24.2 Å². The zero-order valence-electron chi connectivity index (χ0n) is 20.6. The molecule has 8 nitrogen and oxygen atoms in total. The lowest BCUT2D eigenvalue weighted by molar-refractivity contribution is -0.111. The van der Waals surface area contributed by atoms with Crippen molar-refractivity contribution in [3.63, 3.8) is 0 Å². The molecule has 0 aliphatic heterocycles. The van der Waals surface area contributed by atoms with Crippen LogP contribution in [0.3, 0.4) is 0 Å². The summed E-state index contributed by atoms with van der Waals surface area (Å²) >= 11 is 3.36. The average Bonchev–Trinajstić information content (AvgIpc) is 2.88. The summed E-state index contributed by atoms with van der Waals surface area (Å²) in [4.78, 5) is 24.9. The van der Waals surface area contributed by atoms with E-state index >= 15 is 0 Å². The Kier molecular flexibility index (Phi) is 9.97. The maximum Gasteiger partial charge on any atom is 0.412 e. The fourth-order valence-corrected chi connectivity index (χ4v) is 3.94. The van der Waals surface area contributed by atoms with Crippen molar-refractivity contribution in [2.75, 3.05) is 23.5 Å². The number of aromatic hydroxyl groups is 1. The molecule has 0 fully saturated rings. The van der Waals surface area contributed by atoms with E-state index in [9.17, 15) is 14.7 Å². The van der Waals surface area contributed by atoms with Crippen molar-refractivity contribution in [3.8, 4) is 11.5 Å². The Morgan fingerprint density at radius 1 is 1.08 bits per heavy atom. The Bertz CT molecular complexity index is 1250. The number of nitrogens with two attached hydrogens (primary N) is 1. The summed E-state index contributed by atoms with van der Waals surface area (Å²) in [7, 11) is 1.46. The summed E-state index contributed by atoms with van der Waals surface area (Å²) in [5, 5.41) is 15.8. The van der Waals surface area contributed by atoms with Crippen molar-refractivity contribution >= 4 is 45.0 Å². The molecule has 0 bridgehead atoms. The van der Waals surface area contributed by atoms with Crippen LogP contribution in [0.25, 0.3) is 0 Å². The number of phenols is 1. The second-order valence-electron chi connectivity index (χ2n) is 8.42. The summed E-state index contributed by atoms with van der Waals surface area (Å²) < 4.78 is 11.8. The fraction of sp³-hybridized carbons (Fsp3) is 0.214. The minimum atomic E-state index is -0.654. The SMILES string of the molecule is COc1ccc([C@H](OC(=O)Nc2ccc(Br)cc2)[C@H](C)CC/C=C/C(=O)Nc2ccccc2N)cc1O. The third-order valence-corrected chi connectivity index (χ3v) is 6.18. The largest absolute Gasteiger partial charge is 0.504 e. The van der Waals surface area contributed by atoms with Crippen molar-refractivity contribution in [3.05, 3.63) is 88.9 Å². The zero-order chi connectivity index (χ0) is 26.8. The number of phenolic OH excluding ortho intramolecular Hbond substituents is 1. The van der Waals surface area contributed by atoms with Crippen LogP contribution in [0.15, 0.2) is 83.4 Å². The Hall–Kier alpha value is -3.98. The third-order valence-electron chi connectivity index (χ3n) is 5.65. The summed E-state index contributed by atoms with van der Waals surface area (Å²) in [5.74, 6) is -0.151. The lowest BCUT2D eigenvalue weighted by Crippen LogP contribution is -2.22. The first-order valence-electron chi connectivity index (χ1n) is 11.7. The van der Waals surface area contributed by atoms with Crippen molar-refractivity contribution in [1.29, 1.82) is 0 Å². The van der Waals surface area contributed by atoms with Gasteiger partial charge in [0.25, 0.3) is 0 Å². The van der Waals surface area contributed by atoms with E-state index < -0.39 is 12.2 Å². The summed E-state index contributed by atoms with van der Waals surface area (Å²) in [6.07, 6.45) is 3.11. The Morgan fingerprint density at radius 3 is 2.49 bits per heavy atom. The lowest BCUT2D eigenvalue weighted by atomic mass is 9.92. The molecule has 5 N–H and O–H groups in total. The number of carbonyl (C=O) groups excluding carboxylic acids is 2. The van der Waals surface area contributed by atoms with Crippen LogP contribution in [0, 0.1) is 5.92 Å². The molecule has 2 amide bonds. The van der Waals surface area contributed by atoms with Gasteiger partial charge in [0.05, 0.1) is 18.5 Å². The quantitative estimate of drug-likeness (QED) is 0.161. The van der Waals surface area contributed by atoms with Gasteiger partial charge in [0.2, 0.25) is 5.91 Å². The summed E-state index contributed by atoms with van der Waals surface area (Å²) in [6, 6.07) is 19.1. The monoisotopic (exact) mass is 567 g/mol. The van der Waals surface area contributed by atoms with Gasteiger partial charge in [-0.2, -0.15) is 0 Å². The summed E-state index contributed by atoms with van der Waals surface area (Å²) in [5.41, 5.74) is 8.11. The van der Waals surface area contributed by atoms with Crippen molar-refractivity contribution in [2.45, 2.75) is 25.9 Å². The van der Waals surface area contributed by atoms with Crippen LogP contribution in [0.5, 0.6) is 11.5 Å². The van der Waals surface area contributed by atoms with Gasteiger partial charge in [-0.05, 0) is 78.9 Å². The normalized spacial score (nSPS) is 12.5. The van der Waals surface area contributed by atoms with E-state index in [0.717, 1.165) is 4.47 Å². The highest BCUT2D eigenvalue weighted by Gasteiger charge is 2.24. The summed E-state index contributed by atoms with van der Waals surface area (Å²) in [6.45, 7) is 1.94. The standard InChI is InChI=1S/C28H30BrN3O5/c1-18(7-3-6-10-26(34)32-23-9-5-4-8-22(23)30)27(19-11-16-25(36-2)24(33)17-19)37-28(35)31-21-14-12-20(29)13-15-21/h4-6,8-18,27,33H,3,7,30H2,1-2H3,(H,31,35)(H,32,34)/b10-6+/t18-,27-/m1/s1. The van der Waals surface area contributed by atoms with Crippen LogP contribution in [0.4, 0.5) is 21.9 Å². The molecule has 37 heavy (non-hydrogen) atoms. The lowest BCUT2D eigenvalue weighted by Gasteiger charge is -2.25. The molecular weight excluding hydrogens is 538 g/mol. The number of anilines is 3. The maximum absolute atomic E-state index is 12.7. The molecule has 0 aliphatic rings. The smallest absolute Gasteiger partial charge is 0.412 e. The van der Waals surface area contributed by atoms with Gasteiger partial charge in [0, 0.05) is 10.2 Å². The van der Waals surface area contributed by atoms with Crippen LogP contribution < -0.4 is 21.1 Å². The van der Waals surface area contributed by atoms with Gasteiger partial charge in [0.15, 0.2) is 11.5 Å². The van der Waals surface area contributed by atoms with Gasteiger partial charge < -0.3 is 25.6 Å². The number of rotatable bonds is 10. The van der Waals surface area contributed by atoms with Crippen LogP contribution >= 0.6 is 15.9 Å². The second kappa shape index (κ2) is 13.4. The molecule has 3 aromatic rings. The minimum absolute atomic E-state index is 0.0501. The minimum Gasteiger partial charge on any atom is -0.504 e. The van der Waals surface area contributed by atoms with Crippen LogP contribution in [0.2, 0.25) is 0 Å². The number of amides is 2. The van der Waals surface area contributed by atoms with Gasteiger partial charge in [0.1, 0.15) is 6.10 Å². The first kappa shape index (κ1) is 27.6. The van der Waals surface area contributed by atoms with Gasteiger partial charge >= 0.3 is 6.09 Å². The number of para-hydroxylation sites is 2. The number of allylic oxidation sites excluding steroid dienone is 1. The highest BCUT2D eigenvalue weighted by molar-refractivity contribution is 9.10. The van der Waals surface area contributed by atoms with Crippen LogP contribution in [-0.2, 0) is 9.53 Å². The second-order valence-corrected chi connectivity index (χ2v) is 9.34. The molecule has 3 aromatic carbocycles. The molecule has 2 atom stereocenters. The number of ether oxygens (including phenoxy) is 2. The number of nitrogens with one attached hydrogen (secondary N) is 2. The topological polar surface area (TPSA) is 123 Å². The molecule has 0 aliphatic carbocycles. The number of methoxy groups -OCH3 is 1. The molecule has 3 rings (SSSR count). The van der Waals surface area contributed by atoms with Gasteiger partial charge in [-0.15, -0.1) is 0 Å². The van der Waals surface area contributed by atoms with E-state index in [1.54, 1.807) is 54.6 Å². The van der Waals surface area contributed by atoms with Crippen LogP contribution in [0.1, 0.15) is 31.4 Å². The van der Waals surface area contributed by atoms with E-state index in [1.165, 1.54) is 19.3 Å². The Labute approximate surface area is 224 Å². The molecule has 0 saturated heterocycles. The molecular formula is C28H30BrN3O5. The zero-order valence-corrected chi connectivity index (χ0v) is 22.2. The predicted molar refractivity (Wildman–Crippen MR) is 149 cm³/mol. The first-order valence-corrected chi connectivity index (χ1v) is 12.5. The number of carbonyl (C=O) groups is 2. The molecule has 0 radical (unpaired) electrons. The highest BCUT2D eigenvalue weighted by Crippen LogP contribution is 2.35. The highest BCUT2D eigenvalue weighted by atomic mass is 79.9. The first-order chi connectivity index (χ1) is 17.8. The maximum atomic E-state index is 12.7. The molecule has 0 saturated carbocycles. The van der Waals surface area contributed by atoms with Crippen LogP contribution in [-0.4, -0.2) is 24.2 Å². The van der Waals surface area contributed by atoms with Crippen molar-refractivity contribution in [1.82, 2.24) is 0 Å². The molecule has 0 aromatic heterocycles. The van der Waals surface area contributed by atoms with Crippen molar-refractivity contribution in [2.24, 2.45) is 5.92 Å². The van der Waals surface area contributed by atoms with Gasteiger partial charge in [-0.3, -0.25) is 10.1 Å². The van der Waals surface area contributed by atoms with E-state index in [0.29, 0.717) is 41.2 Å². The molecule has 0 spiro atoms. The molecule has 194 valence electrons. The number of benzene rings is 3. The number of halogens is 1. The van der Waals surface area contributed by atoms with E-state index in [1.807, 2.05) is 19.1 Å². The number of hydrogen-bond donors (Lipinski definition) is 4. The Morgan fingerprint density at radius 2 is 1.81 bits per heavy atom. The average molecular weight is 568 g/mol. The van der Waals surface area contributed by atoms with Gasteiger partial charge in [-0.25, -0.2) is 4.79 Å². The predicted octanol–water partition coefficient (Wildman–Crippen LogP) is 6.65. The Balaban J connectivity index is 1.66. The molecule has 9 heteroatoms. The number of nitrogen functional groups attached to an aromatic ring is 1. The fourth-order valence-electron chi connectivity index (χ4n) is 3.68. The molecule has 0 heterocycles. The number of hydrogen-bond acceptors (Lipinski definition) is 6. The van der Waals surface area contributed by atoms with E-state index in [-0.39, 0.29) is 17.6 Å².